The zero-order valence-electron chi connectivity index (χ0n) is 18.2. The number of carbonyl (C=O) groups is 1. The quantitative estimate of drug-likeness (QED) is 0.457. The van der Waals surface area contributed by atoms with Crippen molar-refractivity contribution in [2.24, 2.45) is 0 Å². The van der Waals surface area contributed by atoms with Gasteiger partial charge in [0.1, 0.15) is 23.9 Å². The molecule has 9 heteroatoms. The lowest BCUT2D eigenvalue weighted by Crippen LogP contribution is -2.44. The zero-order valence-corrected chi connectivity index (χ0v) is 18.2. The molecule has 0 unspecified atom stereocenters. The third-order valence-corrected chi connectivity index (χ3v) is 5.92. The lowest BCUT2D eigenvalue weighted by molar-refractivity contribution is -0.137. The van der Waals surface area contributed by atoms with Crippen molar-refractivity contribution in [1.82, 2.24) is 5.32 Å². The summed E-state index contributed by atoms with van der Waals surface area (Å²) in [5.41, 5.74) is -0.895. The van der Waals surface area contributed by atoms with E-state index in [4.69, 9.17) is 13.9 Å². The minimum absolute atomic E-state index is 0.0461. The first-order valence-corrected chi connectivity index (χ1v) is 10.8. The van der Waals surface area contributed by atoms with Crippen LogP contribution in [0.3, 0.4) is 0 Å². The number of ether oxygens (including phenoxy) is 2. The smallest absolute Gasteiger partial charge is 0.416 e. The van der Waals surface area contributed by atoms with E-state index in [1.165, 1.54) is 36.4 Å². The predicted octanol–water partition coefficient (Wildman–Crippen LogP) is 5.49. The maximum absolute atomic E-state index is 13.3. The van der Waals surface area contributed by atoms with E-state index in [9.17, 15) is 22.4 Å². The molecule has 1 saturated heterocycles. The molecule has 2 heterocycles. The Hall–Kier alpha value is -3.33. The monoisotopic (exact) mass is 477 g/mol. The minimum atomic E-state index is -4.45. The Morgan fingerprint density at radius 3 is 2.47 bits per heavy atom. The van der Waals surface area contributed by atoms with E-state index in [2.05, 4.69) is 5.32 Å². The molecule has 0 bridgehead atoms. The Balaban J connectivity index is 1.42. The Bertz CT molecular complexity index is 1120. The van der Waals surface area contributed by atoms with E-state index in [0.717, 1.165) is 12.1 Å². The summed E-state index contributed by atoms with van der Waals surface area (Å²) in [4.78, 5) is 12.7. The van der Waals surface area contributed by atoms with Crippen LogP contribution in [-0.2, 0) is 22.9 Å². The fourth-order valence-corrected chi connectivity index (χ4v) is 3.95. The van der Waals surface area contributed by atoms with Crippen LogP contribution in [0.1, 0.15) is 40.3 Å². The highest BCUT2D eigenvalue weighted by Crippen LogP contribution is 2.38. The highest BCUT2D eigenvalue weighted by Gasteiger charge is 2.38. The van der Waals surface area contributed by atoms with Crippen molar-refractivity contribution in [3.63, 3.8) is 0 Å². The summed E-state index contributed by atoms with van der Waals surface area (Å²) in [5.74, 6) is 0.0473. The van der Waals surface area contributed by atoms with Crippen LogP contribution in [0.15, 0.2) is 65.1 Å². The molecule has 4 rings (SSSR count). The van der Waals surface area contributed by atoms with Crippen molar-refractivity contribution in [1.29, 1.82) is 0 Å². The molecule has 1 aliphatic rings. The van der Waals surface area contributed by atoms with E-state index in [1.54, 1.807) is 12.1 Å². The van der Waals surface area contributed by atoms with Crippen molar-refractivity contribution < 1.29 is 36.2 Å². The molecule has 1 fully saturated rings. The third-order valence-electron chi connectivity index (χ3n) is 5.92. The number of rotatable bonds is 7. The summed E-state index contributed by atoms with van der Waals surface area (Å²) < 4.78 is 69.2. The number of amides is 1. The summed E-state index contributed by atoms with van der Waals surface area (Å²) in [6.07, 6.45) is -3.50. The Labute approximate surface area is 193 Å². The first kappa shape index (κ1) is 23.8. The molecule has 0 saturated carbocycles. The van der Waals surface area contributed by atoms with Gasteiger partial charge in [-0.2, -0.15) is 13.2 Å². The number of benzene rings is 2. The second-order valence-electron chi connectivity index (χ2n) is 8.16. The summed E-state index contributed by atoms with van der Waals surface area (Å²) in [5, 5.41) is 2.81. The van der Waals surface area contributed by atoms with Crippen molar-refractivity contribution in [2.75, 3.05) is 19.8 Å². The van der Waals surface area contributed by atoms with E-state index in [-0.39, 0.29) is 24.7 Å². The molecule has 2 aromatic carbocycles. The molecule has 3 aromatic rings. The van der Waals surface area contributed by atoms with Gasteiger partial charge in [0.25, 0.3) is 5.91 Å². The first-order valence-electron chi connectivity index (χ1n) is 10.8. The van der Waals surface area contributed by atoms with Crippen molar-refractivity contribution in [3.8, 4) is 5.75 Å². The van der Waals surface area contributed by atoms with Crippen molar-refractivity contribution in [3.05, 3.63) is 89.1 Å². The highest BCUT2D eigenvalue weighted by atomic mass is 19.4. The van der Waals surface area contributed by atoms with Crippen LogP contribution in [0.5, 0.6) is 5.75 Å². The second-order valence-corrected chi connectivity index (χ2v) is 8.16. The molecule has 0 atom stereocenters. The summed E-state index contributed by atoms with van der Waals surface area (Å²) in [7, 11) is 0. The van der Waals surface area contributed by atoms with Gasteiger partial charge in [0.15, 0.2) is 5.76 Å². The standard InChI is InChI=1S/C25H23F4NO4/c26-19-4-6-20(7-5-19)33-15-21-8-9-22(34-21)23(31)30-16-24(10-12-32-13-11-24)17-2-1-3-18(14-17)25(27,28)29/h1-9,14H,10-13,15-16H2,(H,30,31). The maximum Gasteiger partial charge on any atom is 0.416 e. The molecule has 1 aromatic heterocycles. The average molecular weight is 477 g/mol. The number of hydrogen-bond acceptors (Lipinski definition) is 4. The van der Waals surface area contributed by atoms with E-state index in [1.807, 2.05) is 0 Å². The number of furan rings is 1. The molecule has 1 amide bonds. The van der Waals surface area contributed by atoms with Crippen LogP contribution in [0, 0.1) is 5.82 Å². The van der Waals surface area contributed by atoms with Gasteiger partial charge in [0.2, 0.25) is 0 Å². The molecule has 5 nitrogen and oxygen atoms in total. The summed E-state index contributed by atoms with van der Waals surface area (Å²) in [6, 6.07) is 13.8. The van der Waals surface area contributed by atoms with Crippen LogP contribution in [0.2, 0.25) is 0 Å². The number of hydrogen-bond donors (Lipinski definition) is 1. The lowest BCUT2D eigenvalue weighted by Gasteiger charge is -2.38. The fraction of sp³-hybridized carbons (Fsp3) is 0.320. The number of carbonyl (C=O) groups excluding carboxylic acids is 1. The van der Waals surface area contributed by atoms with Gasteiger partial charge in [-0.05, 0) is 60.9 Å². The lowest BCUT2D eigenvalue weighted by atomic mass is 9.73. The molecule has 34 heavy (non-hydrogen) atoms. The second kappa shape index (κ2) is 9.89. The van der Waals surface area contributed by atoms with Gasteiger partial charge in [-0.15, -0.1) is 0 Å². The maximum atomic E-state index is 13.3. The highest BCUT2D eigenvalue weighted by molar-refractivity contribution is 5.91. The van der Waals surface area contributed by atoms with Crippen LogP contribution in [-0.4, -0.2) is 25.7 Å². The fourth-order valence-electron chi connectivity index (χ4n) is 3.95. The first-order chi connectivity index (χ1) is 16.2. The van der Waals surface area contributed by atoms with Crippen LogP contribution in [0.25, 0.3) is 0 Å². The SMILES string of the molecule is O=C(NCC1(c2cccc(C(F)(F)F)c2)CCOCC1)c1ccc(COc2ccc(F)cc2)o1. The molecule has 180 valence electrons. The zero-order chi connectivity index (χ0) is 24.2. The number of alkyl halides is 3. The Morgan fingerprint density at radius 2 is 1.76 bits per heavy atom. The van der Waals surface area contributed by atoms with Gasteiger partial charge >= 0.3 is 6.18 Å². The average Bonchev–Trinajstić information content (AvgIpc) is 3.32. The van der Waals surface area contributed by atoms with Crippen molar-refractivity contribution in [2.45, 2.75) is 31.0 Å². The molecular weight excluding hydrogens is 454 g/mol. The Kier molecular flexibility index (Phi) is 6.92. The van der Waals surface area contributed by atoms with Gasteiger partial charge in [-0.1, -0.05) is 18.2 Å². The van der Waals surface area contributed by atoms with E-state index < -0.39 is 23.1 Å². The Morgan fingerprint density at radius 1 is 1.03 bits per heavy atom. The van der Waals surface area contributed by atoms with Crippen LogP contribution >= 0.6 is 0 Å². The molecule has 0 radical (unpaired) electrons. The predicted molar refractivity (Wildman–Crippen MR) is 115 cm³/mol. The van der Waals surface area contributed by atoms with Crippen LogP contribution in [0.4, 0.5) is 17.6 Å². The van der Waals surface area contributed by atoms with Crippen molar-refractivity contribution >= 4 is 5.91 Å². The normalized spacial score (nSPS) is 15.6. The molecule has 1 aliphatic heterocycles. The largest absolute Gasteiger partial charge is 0.486 e. The molecule has 0 aliphatic carbocycles. The van der Waals surface area contributed by atoms with Gasteiger partial charge in [-0.25, -0.2) is 4.39 Å². The molecule has 1 N–H and O–H groups in total. The van der Waals surface area contributed by atoms with Gasteiger partial charge in [0.05, 0.1) is 5.56 Å². The minimum Gasteiger partial charge on any atom is -0.486 e. The van der Waals surface area contributed by atoms with E-state index in [0.29, 0.717) is 43.1 Å². The molecular formula is C25H23F4NO4. The molecule has 0 spiro atoms. The van der Waals surface area contributed by atoms with E-state index >= 15 is 0 Å². The third kappa shape index (κ3) is 5.59. The summed E-state index contributed by atoms with van der Waals surface area (Å²) in [6.45, 7) is 0.957. The van der Waals surface area contributed by atoms with Gasteiger partial charge in [0, 0.05) is 25.2 Å². The summed E-state index contributed by atoms with van der Waals surface area (Å²) >= 11 is 0. The number of halogens is 4. The number of nitrogens with one attached hydrogen (secondary N) is 1. The van der Waals surface area contributed by atoms with Gasteiger partial charge < -0.3 is 19.2 Å². The van der Waals surface area contributed by atoms with Gasteiger partial charge in [-0.3, -0.25) is 4.79 Å². The topological polar surface area (TPSA) is 60.7 Å². The van der Waals surface area contributed by atoms with Crippen LogP contribution < -0.4 is 10.1 Å².